The lowest BCUT2D eigenvalue weighted by Crippen LogP contribution is -2.58. The normalized spacial score (nSPS) is 49.8. The molecule has 10 atom stereocenters. The number of aliphatic hydroxyl groups is 2. The summed E-state index contributed by atoms with van der Waals surface area (Å²) in [6.45, 7) is 6.30. The van der Waals surface area contributed by atoms with Crippen LogP contribution in [0.3, 0.4) is 0 Å². The van der Waals surface area contributed by atoms with Crippen molar-refractivity contribution in [1.82, 2.24) is 5.32 Å². The van der Waals surface area contributed by atoms with E-state index in [1.165, 1.54) is 0 Å². The number of amides is 1. The Balaban J connectivity index is 1.47. The lowest BCUT2D eigenvalue weighted by molar-refractivity contribution is -0.174. The molecular formula is C26H45NO6S. The van der Waals surface area contributed by atoms with Crippen LogP contribution >= 0.6 is 0 Å². The van der Waals surface area contributed by atoms with Crippen LogP contribution in [-0.4, -0.2) is 53.6 Å². The monoisotopic (exact) mass is 503 g/mol. The molecule has 0 saturated heterocycles. The van der Waals surface area contributed by atoms with Crippen LogP contribution in [0.2, 0.25) is 0 Å². The Morgan fingerprint density at radius 1 is 1.15 bits per heavy atom. The molecule has 0 spiro atoms. The first kappa shape index (κ1) is 21.4. The molecule has 4 aliphatic carbocycles. The lowest BCUT2D eigenvalue weighted by atomic mass is 9.43. The van der Waals surface area contributed by atoms with E-state index < -0.39 is 52.2 Å². The summed E-state index contributed by atoms with van der Waals surface area (Å²) in [4.78, 5) is 12.2. The minimum atomic E-state index is -4.12. The van der Waals surface area contributed by atoms with Crippen molar-refractivity contribution in [1.29, 1.82) is 0 Å². The van der Waals surface area contributed by atoms with E-state index in [-0.39, 0.29) is 60.8 Å². The maximum absolute atomic E-state index is 12.2. The molecule has 1 amide bonds. The smallest absolute Gasteiger partial charge is 0.266 e. The van der Waals surface area contributed by atoms with E-state index in [1.54, 1.807) is 0 Å². The molecule has 4 fully saturated rings. The Labute approximate surface area is 210 Å². The van der Waals surface area contributed by atoms with Crippen molar-refractivity contribution in [2.75, 3.05) is 12.3 Å². The third kappa shape index (κ3) is 4.94. The molecule has 196 valence electrons. The van der Waals surface area contributed by atoms with Gasteiger partial charge in [0.05, 0.1) is 18.0 Å². The summed E-state index contributed by atoms with van der Waals surface area (Å²) in [5.41, 5.74) is -0.695. The van der Waals surface area contributed by atoms with Crippen LogP contribution in [-0.2, 0) is 14.9 Å². The Hall–Kier alpha value is -0.700. The van der Waals surface area contributed by atoms with E-state index in [0.29, 0.717) is 12.3 Å². The van der Waals surface area contributed by atoms with Crippen LogP contribution in [0.1, 0.15) is 90.4 Å². The zero-order valence-corrected chi connectivity index (χ0v) is 21.5. The number of carbonyl (C=O) groups is 1. The molecule has 0 aromatic rings. The Morgan fingerprint density at radius 3 is 2.56 bits per heavy atom. The van der Waals surface area contributed by atoms with E-state index in [4.69, 9.17) is 10.0 Å². The second-order valence-electron chi connectivity index (χ2n) is 12.0. The fourth-order valence-electron chi connectivity index (χ4n) is 8.45. The van der Waals surface area contributed by atoms with Gasteiger partial charge in [0.2, 0.25) is 5.91 Å². The van der Waals surface area contributed by atoms with Crippen molar-refractivity contribution in [3.63, 3.8) is 0 Å². The number of nitrogens with one attached hydrogen (secondary N) is 1. The number of carbonyl (C=O) groups excluding carboxylic acids is 1. The minimum Gasteiger partial charge on any atom is -0.393 e. The predicted octanol–water partition coefficient (Wildman–Crippen LogP) is 3.40. The fraction of sp³-hybridized carbons (Fsp3) is 0.962. The highest BCUT2D eigenvalue weighted by molar-refractivity contribution is 7.85. The number of hydrogen-bond acceptors (Lipinski definition) is 5. The number of aliphatic hydroxyl groups excluding tert-OH is 2. The molecule has 7 nitrogen and oxygen atoms in total. The minimum absolute atomic E-state index is 0.0189. The maximum atomic E-state index is 12.2. The van der Waals surface area contributed by atoms with Crippen LogP contribution in [0, 0.1) is 46.3 Å². The fourth-order valence-corrected chi connectivity index (χ4v) is 8.81. The van der Waals surface area contributed by atoms with Gasteiger partial charge in [-0.2, -0.15) is 8.42 Å². The summed E-state index contributed by atoms with van der Waals surface area (Å²) in [5.74, 6) is -0.600. The molecule has 0 heterocycles. The van der Waals surface area contributed by atoms with Gasteiger partial charge in [0.1, 0.15) is 0 Å². The van der Waals surface area contributed by atoms with Gasteiger partial charge in [-0.1, -0.05) is 20.8 Å². The Morgan fingerprint density at radius 2 is 1.85 bits per heavy atom. The van der Waals surface area contributed by atoms with Crippen molar-refractivity contribution < 1.29 is 33.5 Å². The Bertz CT molecular complexity index is 1030. The second-order valence-corrected chi connectivity index (χ2v) is 13.6. The highest BCUT2D eigenvalue weighted by atomic mass is 32.2. The summed E-state index contributed by atoms with van der Waals surface area (Å²) < 4.78 is 64.8. The van der Waals surface area contributed by atoms with Crippen molar-refractivity contribution in [2.45, 2.75) is 97.1 Å². The topological polar surface area (TPSA) is 124 Å². The van der Waals surface area contributed by atoms with Crippen molar-refractivity contribution in [3.8, 4) is 0 Å². The number of fused-ring (bicyclic) bond motifs is 5. The molecule has 4 aliphatic rings. The van der Waals surface area contributed by atoms with Crippen LogP contribution < -0.4 is 5.32 Å². The third-order valence-electron chi connectivity index (χ3n) is 10.2. The highest BCUT2D eigenvalue weighted by Gasteiger charge is 2.62. The van der Waals surface area contributed by atoms with E-state index in [1.807, 2.05) is 6.92 Å². The first-order valence-electron chi connectivity index (χ1n) is 14.9. The average Bonchev–Trinajstić information content (AvgIpc) is 3.14. The van der Waals surface area contributed by atoms with Gasteiger partial charge in [0.15, 0.2) is 0 Å². The van der Waals surface area contributed by atoms with Crippen molar-refractivity contribution in [2.24, 2.45) is 46.3 Å². The highest BCUT2D eigenvalue weighted by Crippen LogP contribution is 2.68. The summed E-state index contributed by atoms with van der Waals surface area (Å²) in [6.07, 6.45) is -1.72. The van der Waals surface area contributed by atoms with Gasteiger partial charge in [0.25, 0.3) is 10.1 Å². The van der Waals surface area contributed by atoms with Crippen LogP contribution in [0.15, 0.2) is 0 Å². The lowest BCUT2D eigenvalue weighted by Gasteiger charge is -2.62. The van der Waals surface area contributed by atoms with Gasteiger partial charge >= 0.3 is 0 Å². The van der Waals surface area contributed by atoms with Gasteiger partial charge in [-0.05, 0) is 104 Å². The van der Waals surface area contributed by atoms with E-state index in [9.17, 15) is 23.4 Å². The molecule has 4 unspecified atom stereocenters. The molecule has 4 rings (SSSR count). The molecule has 4 N–H and O–H groups in total. The van der Waals surface area contributed by atoms with E-state index in [2.05, 4.69) is 19.2 Å². The maximum Gasteiger partial charge on any atom is 0.266 e. The largest absolute Gasteiger partial charge is 0.393 e. The first-order valence-corrected chi connectivity index (χ1v) is 14.5. The molecule has 0 aliphatic heterocycles. The van der Waals surface area contributed by atoms with Crippen LogP contribution in [0.25, 0.3) is 0 Å². The summed E-state index contributed by atoms with van der Waals surface area (Å²) >= 11 is 0. The van der Waals surface area contributed by atoms with Crippen molar-refractivity contribution in [3.05, 3.63) is 0 Å². The van der Waals surface area contributed by atoms with E-state index >= 15 is 0 Å². The third-order valence-corrected chi connectivity index (χ3v) is 10.9. The molecule has 0 aromatic heterocycles. The summed E-state index contributed by atoms with van der Waals surface area (Å²) in [5, 5.41) is 24.6. The van der Waals surface area contributed by atoms with Crippen LogP contribution in [0.5, 0.6) is 0 Å². The Kier molecular flexibility index (Phi) is 6.06. The SMILES string of the molecule is [2H]C1([2H])C[C@]2(C)C3CC[C@@]4(C)C(CC[C@@H]4[C@H](C)CCC(=O)NCCS(=O)(=O)O)C3C(O)C[C@@H]2C([2H])([2H])[C@@H]1O. The van der Waals surface area contributed by atoms with E-state index in [0.717, 1.165) is 25.7 Å². The number of rotatable bonds is 7. The number of hydrogen-bond donors (Lipinski definition) is 4. The second kappa shape index (κ2) is 9.64. The van der Waals surface area contributed by atoms with Gasteiger partial charge in [0, 0.05) is 18.4 Å². The van der Waals surface area contributed by atoms with Gasteiger partial charge in [-0.3, -0.25) is 9.35 Å². The average molecular weight is 504 g/mol. The molecular weight excluding hydrogens is 454 g/mol. The zero-order chi connectivity index (χ0) is 28.5. The van der Waals surface area contributed by atoms with Gasteiger partial charge in [-0.25, -0.2) is 0 Å². The molecule has 0 radical (unpaired) electrons. The molecule has 34 heavy (non-hydrogen) atoms. The zero-order valence-electron chi connectivity index (χ0n) is 24.7. The standard InChI is InChI=1S/C26H45NO6S/c1-16(4-7-23(30)27-12-13-34(31,32)33)19-5-6-20-24-21(9-11-26(19,20)3)25(2)10-8-18(28)14-17(25)15-22(24)29/h16-22,24,28-29H,4-15H2,1-3H3,(H,27,30)(H,31,32,33)/t16-,17+,18-,19-,20?,21?,22?,24?,25+,26-/m1/s1/i8D2,14D2. The van der Waals surface area contributed by atoms with Gasteiger partial charge < -0.3 is 15.5 Å². The van der Waals surface area contributed by atoms with Gasteiger partial charge in [-0.15, -0.1) is 0 Å². The van der Waals surface area contributed by atoms with Crippen LogP contribution in [0.4, 0.5) is 0 Å². The first-order chi connectivity index (χ1) is 17.3. The molecule has 8 heteroatoms. The summed E-state index contributed by atoms with van der Waals surface area (Å²) in [6, 6.07) is 0. The summed E-state index contributed by atoms with van der Waals surface area (Å²) in [7, 11) is -4.12. The van der Waals surface area contributed by atoms with Crippen molar-refractivity contribution >= 4 is 16.0 Å². The molecule has 0 aromatic carbocycles. The predicted molar refractivity (Wildman–Crippen MR) is 130 cm³/mol. The molecule has 4 saturated carbocycles. The quantitative estimate of drug-likeness (QED) is 0.395. The molecule has 0 bridgehead atoms.